The van der Waals surface area contributed by atoms with E-state index in [-0.39, 0.29) is 13.6 Å². The Bertz CT molecular complexity index is 1420. The van der Waals surface area contributed by atoms with Gasteiger partial charge < -0.3 is 23.8 Å². The number of allylic oxidation sites excluding steroid dienone is 1. The van der Waals surface area contributed by atoms with E-state index in [4.69, 9.17) is 53.8 Å². The average molecular weight is 557 g/mol. The molecule has 4 aliphatic rings. The minimum atomic E-state index is -1.59. The molecule has 0 unspecified atom stereocenters. The molecule has 0 bridgehead atoms. The van der Waals surface area contributed by atoms with Gasteiger partial charge in [0.05, 0.1) is 0 Å². The molecule has 0 aliphatic carbocycles. The normalized spacial score (nSPS) is 19.0. The van der Waals surface area contributed by atoms with Gasteiger partial charge in [-0.3, -0.25) is 0 Å². The van der Waals surface area contributed by atoms with Gasteiger partial charge in [-0.05, 0) is 66.1 Å². The average Bonchev–Trinajstić information content (AvgIpc) is 3.56. The number of aryl methyl sites for hydroxylation is 1. The maximum atomic E-state index is 6.74. The van der Waals surface area contributed by atoms with Crippen LogP contribution in [0.1, 0.15) is 46.7 Å². The highest BCUT2D eigenvalue weighted by molar-refractivity contribution is 6.68. The standard InChI is InChI=1S/C29H24Cl3NO4/c30-29(31,32)28-25-19(9-10-22-27(25)37-16-34-22)20(8-4-7-17-5-2-1-3-6-17)26-21-14-24-23(35-15-36-24)13-18(21)11-12-33(26)28/h1-3,5-6,9-10,13-14,28H,4,7-8,11-12,15-16H2/t28-/m1/s1. The number of hydrogen-bond donors (Lipinski definition) is 0. The summed E-state index contributed by atoms with van der Waals surface area (Å²) in [7, 11) is 0. The third kappa shape index (κ3) is 3.91. The zero-order valence-corrected chi connectivity index (χ0v) is 22.2. The molecule has 3 aromatic rings. The lowest BCUT2D eigenvalue weighted by molar-refractivity contribution is 0.171. The van der Waals surface area contributed by atoms with Crippen molar-refractivity contribution >= 4 is 46.1 Å². The van der Waals surface area contributed by atoms with Crippen LogP contribution in [0.2, 0.25) is 0 Å². The molecular weight excluding hydrogens is 533 g/mol. The van der Waals surface area contributed by atoms with E-state index in [0.29, 0.717) is 18.0 Å². The second-order valence-corrected chi connectivity index (χ2v) is 12.0. The van der Waals surface area contributed by atoms with Crippen LogP contribution in [-0.2, 0) is 12.8 Å². The molecule has 0 radical (unpaired) electrons. The maximum absolute atomic E-state index is 6.74. The third-order valence-corrected chi connectivity index (χ3v) is 8.20. The predicted octanol–water partition coefficient (Wildman–Crippen LogP) is 7.32. The number of fused-ring (bicyclic) bond motifs is 7. The van der Waals surface area contributed by atoms with E-state index in [1.54, 1.807) is 0 Å². The summed E-state index contributed by atoms with van der Waals surface area (Å²) in [5.41, 5.74) is 7.88. The zero-order chi connectivity index (χ0) is 25.1. The minimum Gasteiger partial charge on any atom is -0.454 e. The molecule has 4 aliphatic heterocycles. The van der Waals surface area contributed by atoms with Crippen molar-refractivity contribution in [2.24, 2.45) is 0 Å². The Morgan fingerprint density at radius 1 is 0.811 bits per heavy atom. The lowest BCUT2D eigenvalue weighted by Gasteiger charge is -2.47. The van der Waals surface area contributed by atoms with Crippen molar-refractivity contribution in [1.82, 2.24) is 4.90 Å². The summed E-state index contributed by atoms with van der Waals surface area (Å²) in [6.07, 6.45) is 3.60. The highest BCUT2D eigenvalue weighted by Crippen LogP contribution is 2.59. The van der Waals surface area contributed by atoms with Crippen molar-refractivity contribution in [2.75, 3.05) is 20.1 Å². The van der Waals surface area contributed by atoms with Crippen molar-refractivity contribution in [3.8, 4) is 23.0 Å². The predicted molar refractivity (Wildman–Crippen MR) is 145 cm³/mol. The number of benzene rings is 3. The van der Waals surface area contributed by atoms with Gasteiger partial charge in [0.2, 0.25) is 17.4 Å². The molecule has 0 N–H and O–H groups in total. The summed E-state index contributed by atoms with van der Waals surface area (Å²) in [6.45, 7) is 1.09. The van der Waals surface area contributed by atoms with Crippen molar-refractivity contribution in [3.05, 3.63) is 82.4 Å². The van der Waals surface area contributed by atoms with E-state index < -0.39 is 9.83 Å². The van der Waals surface area contributed by atoms with Gasteiger partial charge >= 0.3 is 0 Å². The van der Waals surface area contributed by atoms with Crippen molar-refractivity contribution in [2.45, 2.75) is 35.5 Å². The van der Waals surface area contributed by atoms with Gasteiger partial charge in [0.15, 0.2) is 23.0 Å². The Morgan fingerprint density at radius 3 is 2.38 bits per heavy atom. The zero-order valence-electron chi connectivity index (χ0n) is 19.9. The Hall–Kier alpha value is -2.73. The van der Waals surface area contributed by atoms with Gasteiger partial charge in [-0.25, -0.2) is 0 Å². The molecule has 1 atom stereocenters. The van der Waals surface area contributed by atoms with E-state index in [9.17, 15) is 0 Å². The van der Waals surface area contributed by atoms with Crippen LogP contribution in [0.3, 0.4) is 0 Å². The monoisotopic (exact) mass is 555 g/mol. The molecule has 190 valence electrons. The second-order valence-electron chi connectivity index (χ2n) is 9.68. The fourth-order valence-electron chi connectivity index (χ4n) is 6.03. The lowest BCUT2D eigenvalue weighted by atomic mass is 9.80. The summed E-state index contributed by atoms with van der Waals surface area (Å²) in [4.78, 5) is 2.25. The largest absolute Gasteiger partial charge is 0.454 e. The molecule has 5 nitrogen and oxygen atoms in total. The summed E-state index contributed by atoms with van der Waals surface area (Å²) >= 11 is 20.2. The highest BCUT2D eigenvalue weighted by atomic mass is 35.6. The number of ether oxygens (including phenoxy) is 4. The SMILES string of the molecule is ClC(Cl)(Cl)[C@H]1c2c(ccc3c2OCO3)C(CCCc2ccccc2)=C2c3cc4c(cc3CCN21)OCO4. The maximum Gasteiger partial charge on any atom is 0.231 e. The van der Waals surface area contributed by atoms with E-state index in [1.165, 1.54) is 16.7 Å². The molecule has 0 saturated carbocycles. The van der Waals surface area contributed by atoms with Crippen molar-refractivity contribution < 1.29 is 18.9 Å². The molecule has 3 aromatic carbocycles. The van der Waals surface area contributed by atoms with Crippen LogP contribution < -0.4 is 18.9 Å². The first kappa shape index (κ1) is 23.4. The fraction of sp³-hybridized carbons (Fsp3) is 0.310. The molecule has 4 heterocycles. The number of rotatable bonds is 4. The van der Waals surface area contributed by atoms with Crippen LogP contribution in [0.5, 0.6) is 23.0 Å². The Kier molecular flexibility index (Phi) is 5.65. The van der Waals surface area contributed by atoms with Crippen LogP contribution in [0.25, 0.3) is 11.3 Å². The minimum absolute atomic E-state index is 0.157. The third-order valence-electron chi connectivity index (χ3n) is 7.58. The molecule has 7 rings (SSSR count). The van der Waals surface area contributed by atoms with Crippen LogP contribution >= 0.6 is 34.8 Å². The molecule has 0 spiro atoms. The number of hydrogen-bond acceptors (Lipinski definition) is 5. The fourth-order valence-corrected chi connectivity index (χ4v) is 6.71. The Labute approximate surface area is 230 Å². The highest BCUT2D eigenvalue weighted by Gasteiger charge is 2.48. The van der Waals surface area contributed by atoms with Crippen LogP contribution in [0.4, 0.5) is 0 Å². The van der Waals surface area contributed by atoms with Crippen molar-refractivity contribution in [1.29, 1.82) is 0 Å². The van der Waals surface area contributed by atoms with E-state index in [2.05, 4.69) is 47.4 Å². The first-order valence-electron chi connectivity index (χ1n) is 12.5. The van der Waals surface area contributed by atoms with Gasteiger partial charge in [-0.2, -0.15) is 0 Å². The van der Waals surface area contributed by atoms with E-state index in [1.807, 2.05) is 12.1 Å². The first-order chi connectivity index (χ1) is 18.0. The molecule has 0 amide bonds. The number of alkyl halides is 3. The topological polar surface area (TPSA) is 40.2 Å². The van der Waals surface area contributed by atoms with Crippen LogP contribution in [0, 0.1) is 0 Å². The Morgan fingerprint density at radius 2 is 1.57 bits per heavy atom. The summed E-state index contributed by atoms with van der Waals surface area (Å²) in [5, 5.41) is 0. The second kappa shape index (κ2) is 8.93. The number of nitrogens with zero attached hydrogens (tertiary/aromatic N) is 1. The van der Waals surface area contributed by atoms with E-state index >= 15 is 0 Å². The summed E-state index contributed by atoms with van der Waals surface area (Å²) in [6, 6.07) is 18.3. The smallest absolute Gasteiger partial charge is 0.231 e. The summed E-state index contributed by atoms with van der Waals surface area (Å²) < 4.78 is 21.5. The van der Waals surface area contributed by atoms with Gasteiger partial charge in [0.1, 0.15) is 6.04 Å². The first-order valence-corrected chi connectivity index (χ1v) is 13.6. The van der Waals surface area contributed by atoms with Gasteiger partial charge in [-0.1, -0.05) is 71.2 Å². The molecule has 8 heteroatoms. The van der Waals surface area contributed by atoms with Gasteiger partial charge in [0.25, 0.3) is 0 Å². The van der Waals surface area contributed by atoms with E-state index in [0.717, 1.165) is 59.6 Å². The molecule has 0 fully saturated rings. The quantitative estimate of drug-likeness (QED) is 0.315. The van der Waals surface area contributed by atoms with Gasteiger partial charge in [0, 0.05) is 23.4 Å². The molecule has 0 aromatic heterocycles. The van der Waals surface area contributed by atoms with Gasteiger partial charge in [-0.15, -0.1) is 0 Å². The van der Waals surface area contributed by atoms with Crippen LogP contribution in [0.15, 0.2) is 54.6 Å². The molecule has 37 heavy (non-hydrogen) atoms. The molecular formula is C29H24Cl3NO4. The Balaban J connectivity index is 1.42. The number of halogens is 3. The molecule has 0 saturated heterocycles. The van der Waals surface area contributed by atoms with Crippen LogP contribution in [-0.4, -0.2) is 28.8 Å². The summed E-state index contributed by atoms with van der Waals surface area (Å²) in [5.74, 6) is 2.89. The van der Waals surface area contributed by atoms with Crippen molar-refractivity contribution in [3.63, 3.8) is 0 Å². The lowest BCUT2D eigenvalue weighted by Crippen LogP contribution is -2.42.